The lowest BCUT2D eigenvalue weighted by Gasteiger charge is -2.03. The fraction of sp³-hybridized carbons (Fsp3) is 0.267. The molecule has 0 N–H and O–H groups in total. The Kier molecular flexibility index (Phi) is 3.62. The topological polar surface area (TPSA) is 66.0 Å². The van der Waals surface area contributed by atoms with Crippen molar-refractivity contribution >= 4 is 0 Å². The summed E-state index contributed by atoms with van der Waals surface area (Å²) >= 11 is 0. The van der Waals surface area contributed by atoms with Crippen molar-refractivity contribution in [2.24, 2.45) is 7.05 Å². The number of ether oxygens (including phenoxy) is 1. The normalized spacial score (nSPS) is 10.9. The van der Waals surface area contributed by atoms with Gasteiger partial charge in [0.2, 0.25) is 0 Å². The van der Waals surface area contributed by atoms with Gasteiger partial charge in [0.25, 0.3) is 5.89 Å². The van der Waals surface area contributed by atoms with Crippen molar-refractivity contribution < 1.29 is 13.7 Å². The average Bonchev–Trinajstić information content (AvgIpc) is 3.07. The second kappa shape index (κ2) is 5.59. The second-order valence-corrected chi connectivity index (χ2v) is 4.94. The first-order chi connectivity index (χ1) is 10.6. The number of methoxy groups -OCH3 is 1. The Labute approximate surface area is 126 Å². The maximum absolute atomic E-state index is 13.9. The molecule has 0 saturated heterocycles. The predicted octanol–water partition coefficient (Wildman–Crippen LogP) is 2.52. The predicted molar refractivity (Wildman–Crippen MR) is 77.0 cm³/mol. The average molecular weight is 302 g/mol. The summed E-state index contributed by atoms with van der Waals surface area (Å²) in [6, 6.07) is 6.54. The zero-order valence-electron chi connectivity index (χ0n) is 12.5. The van der Waals surface area contributed by atoms with Gasteiger partial charge in [-0.2, -0.15) is 10.1 Å². The van der Waals surface area contributed by atoms with Gasteiger partial charge in [0, 0.05) is 19.5 Å². The molecule has 0 radical (unpaired) electrons. The fourth-order valence-corrected chi connectivity index (χ4v) is 2.21. The molecule has 0 saturated carbocycles. The van der Waals surface area contributed by atoms with Crippen LogP contribution in [0, 0.1) is 12.7 Å². The highest BCUT2D eigenvalue weighted by atomic mass is 19.1. The number of benzene rings is 1. The molecule has 0 aliphatic carbocycles. The Morgan fingerprint density at radius 2 is 2.14 bits per heavy atom. The van der Waals surface area contributed by atoms with Gasteiger partial charge in [-0.05, 0) is 24.6 Å². The van der Waals surface area contributed by atoms with E-state index in [4.69, 9.17) is 9.26 Å². The monoisotopic (exact) mass is 302 g/mol. The molecule has 0 amide bonds. The van der Waals surface area contributed by atoms with Crippen LogP contribution in [0.15, 0.2) is 28.8 Å². The lowest BCUT2D eigenvalue weighted by atomic mass is 10.1. The van der Waals surface area contributed by atoms with Crippen molar-refractivity contribution in [1.82, 2.24) is 19.9 Å². The Hall–Kier alpha value is -2.70. The van der Waals surface area contributed by atoms with Crippen molar-refractivity contribution in [3.8, 4) is 17.3 Å². The van der Waals surface area contributed by atoms with Crippen LogP contribution in [0.1, 0.15) is 17.1 Å². The highest BCUT2D eigenvalue weighted by molar-refractivity contribution is 5.47. The van der Waals surface area contributed by atoms with Gasteiger partial charge in [0.15, 0.2) is 5.82 Å². The van der Waals surface area contributed by atoms with Crippen LogP contribution in [0.4, 0.5) is 4.39 Å². The molecular weight excluding hydrogens is 287 g/mol. The molecule has 3 rings (SSSR count). The van der Waals surface area contributed by atoms with E-state index in [0.717, 1.165) is 11.4 Å². The van der Waals surface area contributed by atoms with Crippen LogP contribution in [-0.2, 0) is 13.5 Å². The molecule has 3 aromatic rings. The summed E-state index contributed by atoms with van der Waals surface area (Å²) in [5.41, 5.74) is 2.07. The number of hydrogen-bond donors (Lipinski definition) is 0. The van der Waals surface area contributed by atoms with Crippen molar-refractivity contribution in [2.45, 2.75) is 13.3 Å². The standard InChI is InChI=1S/C15H15FN4O2/c1-9-6-13(20(2)18-9)15-17-14(19-22-15)7-10-4-5-11(21-3)8-12(10)16/h4-6,8H,7H2,1-3H3. The summed E-state index contributed by atoms with van der Waals surface area (Å²) in [7, 11) is 3.30. The molecule has 0 aliphatic rings. The SMILES string of the molecule is COc1ccc(Cc2noc(-c3cc(C)nn3C)n2)c(F)c1. The van der Waals surface area contributed by atoms with Crippen LogP contribution in [0.2, 0.25) is 0 Å². The molecular formula is C15H15FN4O2. The van der Waals surface area contributed by atoms with Crippen LogP contribution in [0.25, 0.3) is 11.6 Å². The molecule has 0 atom stereocenters. The van der Waals surface area contributed by atoms with Gasteiger partial charge in [-0.25, -0.2) is 4.39 Å². The molecule has 2 aromatic heterocycles. The van der Waals surface area contributed by atoms with Gasteiger partial charge < -0.3 is 9.26 Å². The third kappa shape index (κ3) is 2.69. The molecule has 6 nitrogen and oxygen atoms in total. The summed E-state index contributed by atoms with van der Waals surface area (Å²) in [6.45, 7) is 1.88. The molecule has 7 heteroatoms. The number of halogens is 1. The number of aromatic nitrogens is 4. The number of nitrogens with zero attached hydrogens (tertiary/aromatic N) is 4. The van der Waals surface area contributed by atoms with E-state index in [9.17, 15) is 4.39 Å². The molecule has 0 fully saturated rings. The first kappa shape index (κ1) is 14.2. The van der Waals surface area contributed by atoms with Gasteiger partial charge in [0.1, 0.15) is 17.3 Å². The zero-order chi connectivity index (χ0) is 15.7. The molecule has 0 unspecified atom stereocenters. The van der Waals surface area contributed by atoms with E-state index in [1.807, 2.05) is 13.0 Å². The van der Waals surface area contributed by atoms with E-state index in [0.29, 0.717) is 23.0 Å². The molecule has 0 bridgehead atoms. The van der Waals surface area contributed by atoms with Gasteiger partial charge in [-0.3, -0.25) is 4.68 Å². The number of rotatable bonds is 4. The highest BCUT2D eigenvalue weighted by Gasteiger charge is 2.15. The molecule has 0 spiro atoms. The van der Waals surface area contributed by atoms with E-state index in [1.54, 1.807) is 23.9 Å². The number of hydrogen-bond acceptors (Lipinski definition) is 5. The fourth-order valence-electron chi connectivity index (χ4n) is 2.21. The summed E-state index contributed by atoms with van der Waals surface area (Å²) in [6.07, 6.45) is 0.246. The van der Waals surface area contributed by atoms with Crippen LogP contribution in [0.5, 0.6) is 5.75 Å². The minimum absolute atomic E-state index is 0.246. The summed E-state index contributed by atoms with van der Waals surface area (Å²) in [5, 5.41) is 8.13. The zero-order valence-corrected chi connectivity index (χ0v) is 12.5. The summed E-state index contributed by atoms with van der Waals surface area (Å²) in [5.74, 6) is 0.896. The van der Waals surface area contributed by atoms with Crippen molar-refractivity contribution in [1.29, 1.82) is 0 Å². The summed E-state index contributed by atoms with van der Waals surface area (Å²) < 4.78 is 25.8. The van der Waals surface area contributed by atoms with Gasteiger partial charge in [-0.1, -0.05) is 11.2 Å². The van der Waals surface area contributed by atoms with Crippen LogP contribution >= 0.6 is 0 Å². The van der Waals surface area contributed by atoms with Crippen LogP contribution in [-0.4, -0.2) is 27.0 Å². The van der Waals surface area contributed by atoms with E-state index in [2.05, 4.69) is 15.2 Å². The second-order valence-electron chi connectivity index (χ2n) is 4.94. The van der Waals surface area contributed by atoms with Crippen LogP contribution < -0.4 is 4.74 Å². The Balaban J connectivity index is 1.84. The van der Waals surface area contributed by atoms with E-state index in [1.165, 1.54) is 13.2 Å². The molecule has 0 aliphatic heterocycles. The minimum atomic E-state index is -0.359. The van der Waals surface area contributed by atoms with E-state index >= 15 is 0 Å². The van der Waals surface area contributed by atoms with Gasteiger partial charge in [0.05, 0.1) is 12.8 Å². The molecule has 1 aromatic carbocycles. The molecule has 114 valence electrons. The van der Waals surface area contributed by atoms with Gasteiger partial charge >= 0.3 is 0 Å². The van der Waals surface area contributed by atoms with Crippen molar-refractivity contribution in [3.05, 3.63) is 47.2 Å². The molecule has 22 heavy (non-hydrogen) atoms. The Morgan fingerprint density at radius 1 is 1.32 bits per heavy atom. The lowest BCUT2D eigenvalue weighted by Crippen LogP contribution is -1.97. The first-order valence-electron chi connectivity index (χ1n) is 6.73. The van der Waals surface area contributed by atoms with E-state index in [-0.39, 0.29) is 12.2 Å². The Bertz CT molecular complexity index is 810. The maximum Gasteiger partial charge on any atom is 0.276 e. The number of aryl methyl sites for hydroxylation is 2. The highest BCUT2D eigenvalue weighted by Crippen LogP contribution is 2.21. The lowest BCUT2D eigenvalue weighted by molar-refractivity contribution is 0.410. The summed E-state index contributed by atoms with van der Waals surface area (Å²) in [4.78, 5) is 4.30. The molecule has 2 heterocycles. The van der Waals surface area contributed by atoms with E-state index < -0.39 is 0 Å². The smallest absolute Gasteiger partial charge is 0.276 e. The quantitative estimate of drug-likeness (QED) is 0.741. The van der Waals surface area contributed by atoms with Gasteiger partial charge in [-0.15, -0.1) is 0 Å². The van der Waals surface area contributed by atoms with Crippen LogP contribution in [0.3, 0.4) is 0 Å². The first-order valence-corrected chi connectivity index (χ1v) is 6.73. The van der Waals surface area contributed by atoms with Crippen molar-refractivity contribution in [2.75, 3.05) is 7.11 Å². The Morgan fingerprint density at radius 3 is 2.77 bits per heavy atom. The maximum atomic E-state index is 13.9. The minimum Gasteiger partial charge on any atom is -0.497 e. The third-order valence-electron chi connectivity index (χ3n) is 3.30. The third-order valence-corrected chi connectivity index (χ3v) is 3.30. The largest absolute Gasteiger partial charge is 0.497 e. The van der Waals surface area contributed by atoms with Crippen molar-refractivity contribution in [3.63, 3.8) is 0 Å².